The molecule has 1 heterocycles. The normalized spacial score (nSPS) is 11.5. The molecule has 0 amide bonds. The lowest BCUT2D eigenvalue weighted by molar-refractivity contribution is 0.669. The Kier molecular flexibility index (Phi) is 7.18. The van der Waals surface area contributed by atoms with Gasteiger partial charge in [-0.25, -0.2) is 0 Å². The molecular weight excluding hydrogens is 631 g/mol. The third-order valence-corrected chi connectivity index (χ3v) is 10.3. The third kappa shape index (κ3) is 5.12. The summed E-state index contributed by atoms with van der Waals surface area (Å²) in [5, 5.41) is 7.16. The summed E-state index contributed by atoms with van der Waals surface area (Å²) >= 11 is 0. The number of rotatable bonds is 6. The van der Waals surface area contributed by atoms with Crippen LogP contribution in [0.25, 0.3) is 76.9 Å². The molecule has 1 aromatic heterocycles. The van der Waals surface area contributed by atoms with Crippen molar-refractivity contribution in [1.29, 1.82) is 0 Å². The van der Waals surface area contributed by atoms with Gasteiger partial charge in [-0.3, -0.25) is 0 Å². The summed E-state index contributed by atoms with van der Waals surface area (Å²) in [7, 11) is 0. The molecule has 9 aromatic carbocycles. The Bertz CT molecular complexity index is 2890. The molecule has 2 heteroatoms. The first-order valence-corrected chi connectivity index (χ1v) is 17.8. The quantitative estimate of drug-likeness (QED) is 0.176. The highest BCUT2D eigenvalue weighted by atomic mass is 16.3. The molecule has 0 N–H and O–H groups in total. The number of hydrogen-bond donors (Lipinski definition) is 0. The van der Waals surface area contributed by atoms with E-state index in [0.717, 1.165) is 50.1 Å². The third-order valence-electron chi connectivity index (χ3n) is 10.3. The summed E-state index contributed by atoms with van der Waals surface area (Å²) in [6.45, 7) is 0. The van der Waals surface area contributed by atoms with Gasteiger partial charge in [0.15, 0.2) is 0 Å². The van der Waals surface area contributed by atoms with Gasteiger partial charge in [0.1, 0.15) is 11.2 Å². The number of fused-ring (bicyclic) bond motifs is 5. The smallest absolute Gasteiger partial charge is 0.135 e. The van der Waals surface area contributed by atoms with Gasteiger partial charge < -0.3 is 9.32 Å². The Morgan fingerprint density at radius 2 is 0.846 bits per heavy atom. The first kappa shape index (κ1) is 30.0. The fraction of sp³-hybridized carbons (Fsp3) is 0. The van der Waals surface area contributed by atoms with Crippen molar-refractivity contribution in [3.63, 3.8) is 0 Å². The van der Waals surface area contributed by atoms with Crippen molar-refractivity contribution in [1.82, 2.24) is 0 Å². The van der Waals surface area contributed by atoms with Crippen LogP contribution in [0.4, 0.5) is 17.1 Å². The monoisotopic (exact) mass is 663 g/mol. The Balaban J connectivity index is 1.22. The highest BCUT2D eigenvalue weighted by Gasteiger charge is 2.21. The predicted octanol–water partition coefficient (Wildman–Crippen LogP) is 14.4. The summed E-state index contributed by atoms with van der Waals surface area (Å²) in [6.07, 6.45) is 0. The lowest BCUT2D eigenvalue weighted by Gasteiger charge is -2.29. The maximum absolute atomic E-state index is 6.29. The minimum atomic E-state index is 0.879. The molecule has 10 rings (SSSR count). The zero-order valence-corrected chi connectivity index (χ0v) is 28.4. The largest absolute Gasteiger partial charge is 0.456 e. The number of furan rings is 1. The molecule has 0 saturated carbocycles. The number of para-hydroxylation sites is 1. The highest BCUT2D eigenvalue weighted by Crippen LogP contribution is 2.45. The van der Waals surface area contributed by atoms with Crippen LogP contribution in [0.2, 0.25) is 0 Å². The minimum absolute atomic E-state index is 0.879. The van der Waals surface area contributed by atoms with Crippen molar-refractivity contribution in [2.24, 2.45) is 0 Å². The zero-order chi connectivity index (χ0) is 34.4. The maximum atomic E-state index is 6.29. The first-order chi connectivity index (χ1) is 25.8. The van der Waals surface area contributed by atoms with E-state index in [2.05, 4.69) is 193 Å². The Labute approximate surface area is 302 Å². The lowest BCUT2D eigenvalue weighted by atomic mass is 9.94. The molecule has 2 nitrogen and oxygen atoms in total. The molecule has 0 fully saturated rings. The van der Waals surface area contributed by atoms with Gasteiger partial charge >= 0.3 is 0 Å². The van der Waals surface area contributed by atoms with Gasteiger partial charge in [-0.2, -0.15) is 0 Å². The SMILES string of the molecule is c1ccc(-c2ccc(-c3cccc4ccccc34)cc2N(c2ccc(-c3cccc4ccccc34)cc2)c2ccc3oc4ccccc4c3c2)cc1. The lowest BCUT2D eigenvalue weighted by Crippen LogP contribution is -2.11. The molecule has 0 saturated heterocycles. The molecule has 0 bridgehead atoms. The van der Waals surface area contributed by atoms with E-state index in [1.165, 1.54) is 43.8 Å². The van der Waals surface area contributed by atoms with Crippen LogP contribution in [0.5, 0.6) is 0 Å². The molecule has 0 aliphatic heterocycles. The summed E-state index contributed by atoms with van der Waals surface area (Å²) in [4.78, 5) is 2.41. The van der Waals surface area contributed by atoms with Gasteiger partial charge in [-0.15, -0.1) is 0 Å². The van der Waals surface area contributed by atoms with Gasteiger partial charge in [0.05, 0.1) is 5.69 Å². The number of benzene rings is 9. The van der Waals surface area contributed by atoms with Crippen LogP contribution in [-0.4, -0.2) is 0 Å². The van der Waals surface area contributed by atoms with Crippen molar-refractivity contribution in [3.05, 3.63) is 200 Å². The molecule has 0 atom stereocenters. The van der Waals surface area contributed by atoms with E-state index >= 15 is 0 Å². The fourth-order valence-electron chi connectivity index (χ4n) is 7.77. The van der Waals surface area contributed by atoms with Crippen molar-refractivity contribution in [2.75, 3.05) is 4.90 Å². The molecule has 10 aromatic rings. The van der Waals surface area contributed by atoms with Gasteiger partial charge in [-0.05, 0) is 91.8 Å². The van der Waals surface area contributed by atoms with E-state index in [9.17, 15) is 0 Å². The van der Waals surface area contributed by atoms with E-state index in [-0.39, 0.29) is 0 Å². The minimum Gasteiger partial charge on any atom is -0.456 e. The van der Waals surface area contributed by atoms with Crippen molar-refractivity contribution >= 4 is 60.5 Å². The van der Waals surface area contributed by atoms with Crippen molar-refractivity contribution in [3.8, 4) is 33.4 Å². The Hall–Kier alpha value is -6.90. The first-order valence-electron chi connectivity index (χ1n) is 17.8. The summed E-state index contributed by atoms with van der Waals surface area (Å²) in [6, 6.07) is 71.9. The van der Waals surface area contributed by atoms with Gasteiger partial charge in [0.25, 0.3) is 0 Å². The topological polar surface area (TPSA) is 16.4 Å². The van der Waals surface area contributed by atoms with E-state index in [4.69, 9.17) is 4.42 Å². The Morgan fingerprint density at radius 3 is 1.58 bits per heavy atom. The fourth-order valence-corrected chi connectivity index (χ4v) is 7.77. The molecule has 244 valence electrons. The summed E-state index contributed by atoms with van der Waals surface area (Å²) in [5.74, 6) is 0. The average molecular weight is 664 g/mol. The highest BCUT2D eigenvalue weighted by molar-refractivity contribution is 6.07. The maximum Gasteiger partial charge on any atom is 0.135 e. The molecule has 0 spiro atoms. The van der Waals surface area contributed by atoms with Crippen LogP contribution >= 0.6 is 0 Å². The van der Waals surface area contributed by atoms with Crippen LogP contribution < -0.4 is 4.90 Å². The summed E-state index contributed by atoms with van der Waals surface area (Å²) < 4.78 is 6.29. The molecule has 0 radical (unpaired) electrons. The van der Waals surface area contributed by atoms with Gasteiger partial charge in [0.2, 0.25) is 0 Å². The van der Waals surface area contributed by atoms with Crippen LogP contribution in [0.3, 0.4) is 0 Å². The van der Waals surface area contributed by atoms with Crippen LogP contribution in [0.1, 0.15) is 0 Å². The Morgan fingerprint density at radius 1 is 0.308 bits per heavy atom. The van der Waals surface area contributed by atoms with Gasteiger partial charge in [-0.1, -0.05) is 158 Å². The van der Waals surface area contributed by atoms with Crippen molar-refractivity contribution < 1.29 is 4.42 Å². The predicted molar refractivity (Wildman–Crippen MR) is 220 cm³/mol. The second kappa shape index (κ2) is 12.5. The second-order valence-corrected chi connectivity index (χ2v) is 13.3. The molecular formula is C50H33NO. The van der Waals surface area contributed by atoms with E-state index in [1.807, 2.05) is 12.1 Å². The number of nitrogens with zero attached hydrogens (tertiary/aromatic N) is 1. The number of hydrogen-bond acceptors (Lipinski definition) is 2. The van der Waals surface area contributed by atoms with E-state index in [1.54, 1.807) is 0 Å². The molecule has 0 aliphatic rings. The van der Waals surface area contributed by atoms with Crippen molar-refractivity contribution in [2.45, 2.75) is 0 Å². The van der Waals surface area contributed by atoms with Crippen LogP contribution in [-0.2, 0) is 0 Å². The standard InChI is InChI=1S/C50H33NO/c1-2-12-36(13-3-1)45-30-26-38(44-22-11-17-35-15-5-7-19-42(35)44)32-48(45)51(40-29-31-50-47(33-40)46-20-8-9-23-49(46)52-50)39-27-24-37(25-28-39)43-21-10-16-34-14-4-6-18-41(34)43/h1-33H. The average Bonchev–Trinajstić information content (AvgIpc) is 3.59. The molecule has 0 unspecified atom stereocenters. The molecule has 0 aliphatic carbocycles. The second-order valence-electron chi connectivity index (χ2n) is 13.3. The van der Waals surface area contributed by atoms with E-state index < -0.39 is 0 Å². The van der Waals surface area contributed by atoms with E-state index in [0.29, 0.717) is 0 Å². The number of anilines is 3. The van der Waals surface area contributed by atoms with Gasteiger partial charge in [0, 0.05) is 27.7 Å². The summed E-state index contributed by atoms with van der Waals surface area (Å²) in [5.41, 5.74) is 12.1. The van der Waals surface area contributed by atoms with Crippen LogP contribution in [0.15, 0.2) is 205 Å². The molecule has 52 heavy (non-hydrogen) atoms. The van der Waals surface area contributed by atoms with Crippen LogP contribution in [0, 0.1) is 0 Å². The zero-order valence-electron chi connectivity index (χ0n) is 28.4.